The molecule has 0 heterocycles. The zero-order chi connectivity index (χ0) is 6.57. The molecule has 0 aliphatic carbocycles. The second kappa shape index (κ2) is 10.3. The van der Waals surface area contributed by atoms with Crippen LogP contribution in [0.5, 0.6) is 0 Å². The van der Waals surface area contributed by atoms with Crippen LogP contribution in [0, 0.1) is 0 Å². The number of hydrogen-bond acceptors (Lipinski definition) is 4. The predicted molar refractivity (Wildman–Crippen MR) is 33.9 cm³/mol. The van der Waals surface area contributed by atoms with Gasteiger partial charge in [-0.15, -0.1) is 0 Å². The molecule has 0 saturated carbocycles. The van der Waals surface area contributed by atoms with Crippen LogP contribution >= 0.6 is 0 Å². The molecule has 0 N–H and O–H groups in total. The molecule has 0 aromatic rings. The van der Waals surface area contributed by atoms with E-state index >= 15 is 0 Å². The Kier molecular flexibility index (Phi) is 17.8. The molecule has 10 heavy (non-hydrogen) atoms. The molecular weight excluding hydrogens is 364 g/mol. The van der Waals surface area contributed by atoms with Crippen molar-refractivity contribution in [3.8, 4) is 0 Å². The minimum Gasteiger partial charge on any atom is -0.737 e. The Morgan fingerprint density at radius 2 is 1.20 bits per heavy atom. The third-order valence-electron chi connectivity index (χ3n) is 0.355. The molecule has 0 unspecified atom stereocenters. The van der Waals surface area contributed by atoms with Crippen molar-refractivity contribution < 1.29 is 61.5 Å². The van der Waals surface area contributed by atoms with Gasteiger partial charge in [0, 0.05) is 10.2 Å². The number of carbonyl (C=O) groups is 2. The monoisotopic (exact) mass is 366 g/mol. The third kappa shape index (κ3) is 16.1. The number of rotatable bonds is 2. The van der Waals surface area contributed by atoms with Gasteiger partial charge in [-0.05, 0) is 12.2 Å². The Morgan fingerprint density at radius 3 is 1.30 bits per heavy atom. The van der Waals surface area contributed by atoms with E-state index in [1.54, 1.807) is 0 Å². The van der Waals surface area contributed by atoms with E-state index in [1.807, 2.05) is 0 Å². The molecule has 0 radical (unpaired) electrons. The zero-order valence-corrected chi connectivity index (χ0v) is 10.9. The smallest absolute Gasteiger partial charge is 0.737 e. The first-order valence-electron chi connectivity index (χ1n) is 1.73. The molecule has 0 amide bonds. The average molecular weight is 366 g/mol. The van der Waals surface area contributed by atoms with Gasteiger partial charge in [0.25, 0.3) is 0 Å². The molecule has 2 nitrogen and oxygen atoms in total. The minimum atomic E-state index is -0.580. The first kappa shape index (κ1) is 17.4. The molecule has 6 heteroatoms. The van der Waals surface area contributed by atoms with Crippen molar-refractivity contribution in [2.45, 2.75) is 0 Å². The summed E-state index contributed by atoms with van der Waals surface area (Å²) in [6.45, 7) is 0. The molecule has 0 fully saturated rings. The number of hydrogen-bond donors (Lipinski definition) is 0. The Balaban J connectivity index is -0.000000245. The van der Waals surface area contributed by atoms with Crippen LogP contribution in [0.3, 0.4) is 0 Å². The van der Waals surface area contributed by atoms with Gasteiger partial charge in [0.15, 0.2) is 0 Å². The SMILES string of the molecule is O=C([S-])/C=C\C(=O)[S-].[Au+].[Na+]. The van der Waals surface area contributed by atoms with Gasteiger partial charge in [-0.1, -0.05) is 0 Å². The van der Waals surface area contributed by atoms with Crippen LogP contribution in [-0.2, 0) is 57.2 Å². The number of carbonyl (C=O) groups excluding carboxylic acids is 2. The van der Waals surface area contributed by atoms with Crippen molar-refractivity contribution in [3.05, 3.63) is 12.2 Å². The topological polar surface area (TPSA) is 34.1 Å². The van der Waals surface area contributed by atoms with Crippen LogP contribution < -0.4 is 29.6 Å². The molecule has 0 aromatic carbocycles. The maximum absolute atomic E-state index is 9.88. The van der Waals surface area contributed by atoms with E-state index in [0.29, 0.717) is 0 Å². The van der Waals surface area contributed by atoms with Crippen molar-refractivity contribution in [1.82, 2.24) is 0 Å². The van der Waals surface area contributed by atoms with Crippen molar-refractivity contribution in [3.63, 3.8) is 0 Å². The average Bonchev–Trinajstić information content (AvgIpc) is 1.61. The summed E-state index contributed by atoms with van der Waals surface area (Å²) in [6, 6.07) is 0. The summed E-state index contributed by atoms with van der Waals surface area (Å²) >= 11 is 8.15. The molecule has 0 aromatic heterocycles. The molecule has 0 aliphatic heterocycles. The van der Waals surface area contributed by atoms with Crippen LogP contribution in [0.25, 0.3) is 0 Å². The molecule has 0 rings (SSSR count). The maximum atomic E-state index is 9.88. The molecule has 0 spiro atoms. The molecular formula is C4H2AuNaO2S2. The molecule has 54 valence electrons. The summed E-state index contributed by atoms with van der Waals surface area (Å²) in [6.07, 6.45) is 1.93. The van der Waals surface area contributed by atoms with Crippen LogP contribution in [0.2, 0.25) is 0 Å². The maximum Gasteiger partial charge on any atom is 1.00 e. The van der Waals surface area contributed by atoms with Crippen molar-refractivity contribution in [2.75, 3.05) is 0 Å². The summed E-state index contributed by atoms with van der Waals surface area (Å²) in [5.41, 5.74) is 0. The van der Waals surface area contributed by atoms with E-state index in [9.17, 15) is 9.59 Å². The van der Waals surface area contributed by atoms with Gasteiger partial charge in [0.1, 0.15) is 0 Å². The van der Waals surface area contributed by atoms with Gasteiger partial charge >= 0.3 is 51.9 Å². The van der Waals surface area contributed by atoms with Gasteiger partial charge in [-0.3, -0.25) is 0 Å². The quantitative estimate of drug-likeness (QED) is 0.291. The second-order valence-corrected chi connectivity index (χ2v) is 1.78. The first-order valence-corrected chi connectivity index (χ1v) is 2.54. The van der Waals surface area contributed by atoms with Crippen LogP contribution in [0.1, 0.15) is 0 Å². The fraction of sp³-hybridized carbons (Fsp3) is 0. The Hall–Kier alpha value is 1.26. The van der Waals surface area contributed by atoms with E-state index in [2.05, 4.69) is 25.3 Å². The van der Waals surface area contributed by atoms with Crippen LogP contribution in [0.4, 0.5) is 0 Å². The standard InChI is InChI=1S/C4H4O2S2.Au.Na/c5-3(7)1-2-4(6)8;;/h1-2H,(H,5,7)(H,6,8);;/q;2*+1/p-2/b2-1-;;. The van der Waals surface area contributed by atoms with Crippen molar-refractivity contribution in [2.24, 2.45) is 0 Å². The molecule has 0 aliphatic rings. The van der Waals surface area contributed by atoms with Crippen LogP contribution in [0.15, 0.2) is 12.2 Å². The largest absolute Gasteiger partial charge is 1.00 e. The molecule has 0 atom stereocenters. The van der Waals surface area contributed by atoms with Gasteiger partial charge in [-0.25, -0.2) is 0 Å². The van der Waals surface area contributed by atoms with E-state index in [1.165, 1.54) is 0 Å². The minimum absolute atomic E-state index is 0. The summed E-state index contributed by atoms with van der Waals surface area (Å²) in [4.78, 5) is 19.8. The fourth-order valence-electron chi connectivity index (χ4n) is 0.136. The van der Waals surface area contributed by atoms with Crippen molar-refractivity contribution >= 4 is 35.5 Å². The van der Waals surface area contributed by atoms with Gasteiger partial charge in [-0.2, -0.15) is 0 Å². The van der Waals surface area contributed by atoms with Gasteiger partial charge in [0.2, 0.25) is 0 Å². The van der Waals surface area contributed by atoms with E-state index in [0.717, 1.165) is 12.2 Å². The molecule has 0 saturated heterocycles. The first-order chi connectivity index (χ1) is 3.63. The zero-order valence-electron chi connectivity index (χ0n) is 5.09. The Bertz CT molecular complexity index is 132. The normalized spacial score (nSPS) is 7.60. The molecule has 0 bridgehead atoms. The Labute approximate surface area is 108 Å². The summed E-state index contributed by atoms with van der Waals surface area (Å²) in [7, 11) is 0. The Morgan fingerprint density at radius 1 is 1.00 bits per heavy atom. The summed E-state index contributed by atoms with van der Waals surface area (Å²) in [5.74, 6) is 0. The summed E-state index contributed by atoms with van der Waals surface area (Å²) < 4.78 is 0. The van der Waals surface area contributed by atoms with E-state index < -0.39 is 10.2 Å². The fourth-order valence-corrected chi connectivity index (χ4v) is 0.272. The van der Waals surface area contributed by atoms with E-state index in [-0.39, 0.29) is 51.9 Å². The van der Waals surface area contributed by atoms with Crippen molar-refractivity contribution in [1.29, 1.82) is 0 Å². The van der Waals surface area contributed by atoms with Gasteiger partial charge in [0.05, 0.1) is 0 Å². The summed E-state index contributed by atoms with van der Waals surface area (Å²) in [5, 5.41) is -1.16. The third-order valence-corrected chi connectivity index (χ3v) is 0.628. The second-order valence-electron chi connectivity index (χ2n) is 0.971. The van der Waals surface area contributed by atoms with E-state index in [4.69, 9.17) is 0 Å². The van der Waals surface area contributed by atoms with Gasteiger partial charge < -0.3 is 34.8 Å². The van der Waals surface area contributed by atoms with Crippen LogP contribution in [-0.4, -0.2) is 10.2 Å². The predicted octanol–water partition coefficient (Wildman–Crippen LogP) is -3.31.